The van der Waals surface area contributed by atoms with Crippen molar-refractivity contribution in [2.24, 2.45) is 5.41 Å². The molecule has 1 aliphatic heterocycles. The van der Waals surface area contributed by atoms with Gasteiger partial charge in [-0.05, 0) is 11.8 Å². The molecule has 1 saturated heterocycles. The van der Waals surface area contributed by atoms with Gasteiger partial charge >= 0.3 is 0 Å². The fourth-order valence-corrected chi connectivity index (χ4v) is 1.75. The van der Waals surface area contributed by atoms with Crippen molar-refractivity contribution in [3.63, 3.8) is 0 Å². The van der Waals surface area contributed by atoms with E-state index in [1.54, 1.807) is 0 Å². The summed E-state index contributed by atoms with van der Waals surface area (Å²) in [4.78, 5) is 14.0. The van der Waals surface area contributed by atoms with Crippen LogP contribution in [0.2, 0.25) is 0 Å². The molecule has 0 aromatic rings. The third kappa shape index (κ3) is 6.03. The number of amides is 1. The maximum Gasteiger partial charge on any atom is 0.221 e. The monoisotopic (exact) mass is 241 g/mol. The molecule has 0 aromatic heterocycles. The Kier molecular flexibility index (Phi) is 5.92. The molecule has 0 aromatic carbocycles. The molecule has 1 aliphatic rings. The molecule has 1 heterocycles. The number of piperazine rings is 1. The SMILES string of the molecule is CCC(C)(C)CNC(=O)CCN1CCNCC1. The van der Waals surface area contributed by atoms with Gasteiger partial charge < -0.3 is 15.5 Å². The lowest BCUT2D eigenvalue weighted by atomic mass is 9.90. The maximum atomic E-state index is 11.7. The number of nitrogens with zero attached hydrogens (tertiary/aromatic N) is 1. The van der Waals surface area contributed by atoms with E-state index in [0.717, 1.165) is 45.7 Å². The van der Waals surface area contributed by atoms with Crippen LogP contribution in [0.4, 0.5) is 0 Å². The van der Waals surface area contributed by atoms with Crippen molar-refractivity contribution in [2.75, 3.05) is 39.3 Å². The third-order valence-corrected chi connectivity index (χ3v) is 3.59. The standard InChI is InChI=1S/C13H27N3O/c1-4-13(2,3)11-15-12(17)5-8-16-9-6-14-7-10-16/h14H,4-11H2,1-3H3,(H,15,17). The summed E-state index contributed by atoms with van der Waals surface area (Å²) in [5.41, 5.74) is 0.213. The number of nitrogens with one attached hydrogen (secondary N) is 2. The van der Waals surface area contributed by atoms with Crippen molar-refractivity contribution >= 4 is 5.91 Å². The zero-order chi connectivity index (χ0) is 12.7. The van der Waals surface area contributed by atoms with Crippen molar-refractivity contribution in [3.8, 4) is 0 Å². The first kappa shape index (κ1) is 14.5. The Balaban J connectivity index is 2.12. The van der Waals surface area contributed by atoms with E-state index < -0.39 is 0 Å². The zero-order valence-electron chi connectivity index (χ0n) is 11.5. The van der Waals surface area contributed by atoms with E-state index in [4.69, 9.17) is 0 Å². The lowest BCUT2D eigenvalue weighted by Crippen LogP contribution is -2.45. The quantitative estimate of drug-likeness (QED) is 0.724. The van der Waals surface area contributed by atoms with E-state index >= 15 is 0 Å². The molecule has 0 spiro atoms. The second-order valence-electron chi connectivity index (χ2n) is 5.64. The van der Waals surface area contributed by atoms with Gasteiger partial charge in [-0.2, -0.15) is 0 Å². The van der Waals surface area contributed by atoms with Crippen molar-refractivity contribution in [1.82, 2.24) is 15.5 Å². The molecule has 100 valence electrons. The average molecular weight is 241 g/mol. The Morgan fingerprint density at radius 3 is 2.59 bits per heavy atom. The van der Waals surface area contributed by atoms with Crippen LogP contribution in [0.15, 0.2) is 0 Å². The van der Waals surface area contributed by atoms with Crippen LogP contribution in [0.3, 0.4) is 0 Å². The Bertz CT molecular complexity index is 235. The molecule has 0 saturated carbocycles. The van der Waals surface area contributed by atoms with Gasteiger partial charge in [0.25, 0.3) is 0 Å². The smallest absolute Gasteiger partial charge is 0.221 e. The first-order chi connectivity index (χ1) is 8.03. The highest BCUT2D eigenvalue weighted by atomic mass is 16.1. The molecular weight excluding hydrogens is 214 g/mol. The van der Waals surface area contributed by atoms with Crippen LogP contribution in [-0.4, -0.2) is 50.1 Å². The molecule has 0 unspecified atom stereocenters. The number of hydrogen-bond donors (Lipinski definition) is 2. The molecule has 2 N–H and O–H groups in total. The molecule has 4 heteroatoms. The fourth-order valence-electron chi connectivity index (χ4n) is 1.75. The van der Waals surface area contributed by atoms with Gasteiger partial charge in [-0.15, -0.1) is 0 Å². The normalized spacial score (nSPS) is 18.1. The fraction of sp³-hybridized carbons (Fsp3) is 0.923. The van der Waals surface area contributed by atoms with Crippen LogP contribution in [0.1, 0.15) is 33.6 Å². The first-order valence-corrected chi connectivity index (χ1v) is 6.73. The van der Waals surface area contributed by atoms with Gasteiger partial charge in [0.2, 0.25) is 5.91 Å². The minimum absolute atomic E-state index is 0.185. The highest BCUT2D eigenvalue weighted by molar-refractivity contribution is 5.76. The van der Waals surface area contributed by atoms with Gasteiger partial charge in [0.15, 0.2) is 0 Å². The lowest BCUT2D eigenvalue weighted by molar-refractivity contribution is -0.121. The highest BCUT2D eigenvalue weighted by Crippen LogP contribution is 2.17. The van der Waals surface area contributed by atoms with Crippen LogP contribution in [0.5, 0.6) is 0 Å². The van der Waals surface area contributed by atoms with Crippen LogP contribution in [-0.2, 0) is 4.79 Å². The Morgan fingerprint density at radius 2 is 2.00 bits per heavy atom. The summed E-state index contributed by atoms with van der Waals surface area (Å²) in [5, 5.41) is 6.34. The van der Waals surface area contributed by atoms with Gasteiger partial charge in [0.1, 0.15) is 0 Å². The lowest BCUT2D eigenvalue weighted by Gasteiger charge is -2.27. The second-order valence-corrected chi connectivity index (χ2v) is 5.64. The molecule has 1 rings (SSSR count). The molecule has 1 amide bonds. The van der Waals surface area contributed by atoms with E-state index in [2.05, 4.69) is 36.3 Å². The molecule has 0 atom stereocenters. The van der Waals surface area contributed by atoms with Crippen LogP contribution in [0.25, 0.3) is 0 Å². The van der Waals surface area contributed by atoms with E-state index in [9.17, 15) is 4.79 Å². The van der Waals surface area contributed by atoms with Crippen molar-refractivity contribution < 1.29 is 4.79 Å². The Hall–Kier alpha value is -0.610. The van der Waals surface area contributed by atoms with Crippen LogP contribution < -0.4 is 10.6 Å². The van der Waals surface area contributed by atoms with Gasteiger partial charge in [0.05, 0.1) is 0 Å². The number of carbonyl (C=O) groups is 1. The Labute approximate surface area is 105 Å². The van der Waals surface area contributed by atoms with E-state index in [-0.39, 0.29) is 11.3 Å². The highest BCUT2D eigenvalue weighted by Gasteiger charge is 2.16. The number of hydrogen-bond acceptors (Lipinski definition) is 3. The first-order valence-electron chi connectivity index (χ1n) is 6.73. The third-order valence-electron chi connectivity index (χ3n) is 3.59. The second kappa shape index (κ2) is 6.97. The maximum absolute atomic E-state index is 11.7. The molecule has 1 fully saturated rings. The zero-order valence-corrected chi connectivity index (χ0v) is 11.5. The Morgan fingerprint density at radius 1 is 1.35 bits per heavy atom. The van der Waals surface area contributed by atoms with Crippen LogP contribution in [0, 0.1) is 5.41 Å². The number of rotatable bonds is 6. The van der Waals surface area contributed by atoms with Gasteiger partial charge in [-0.25, -0.2) is 0 Å². The van der Waals surface area contributed by atoms with E-state index in [0.29, 0.717) is 6.42 Å². The van der Waals surface area contributed by atoms with Gasteiger partial charge in [-0.1, -0.05) is 20.8 Å². The summed E-state index contributed by atoms with van der Waals surface area (Å²) < 4.78 is 0. The summed E-state index contributed by atoms with van der Waals surface area (Å²) in [7, 11) is 0. The van der Waals surface area contributed by atoms with Crippen molar-refractivity contribution in [2.45, 2.75) is 33.6 Å². The minimum Gasteiger partial charge on any atom is -0.356 e. The predicted octanol–water partition coefficient (Wildman–Crippen LogP) is 0.834. The molecule has 17 heavy (non-hydrogen) atoms. The summed E-state index contributed by atoms with van der Waals surface area (Å²) in [5.74, 6) is 0.185. The summed E-state index contributed by atoms with van der Waals surface area (Å²) in [6.45, 7) is 12.4. The summed E-state index contributed by atoms with van der Waals surface area (Å²) in [6, 6.07) is 0. The van der Waals surface area contributed by atoms with Gasteiger partial charge in [-0.3, -0.25) is 4.79 Å². The largest absolute Gasteiger partial charge is 0.356 e. The van der Waals surface area contributed by atoms with Gasteiger partial charge in [0, 0.05) is 45.7 Å². The minimum atomic E-state index is 0.185. The molecule has 0 radical (unpaired) electrons. The van der Waals surface area contributed by atoms with Crippen molar-refractivity contribution in [1.29, 1.82) is 0 Å². The number of carbonyl (C=O) groups excluding carboxylic acids is 1. The molecule has 4 nitrogen and oxygen atoms in total. The van der Waals surface area contributed by atoms with E-state index in [1.807, 2.05) is 0 Å². The van der Waals surface area contributed by atoms with Crippen LogP contribution >= 0.6 is 0 Å². The molecule has 0 bridgehead atoms. The summed E-state index contributed by atoms with van der Waals surface area (Å²) in [6.07, 6.45) is 1.71. The van der Waals surface area contributed by atoms with E-state index in [1.165, 1.54) is 0 Å². The summed E-state index contributed by atoms with van der Waals surface area (Å²) >= 11 is 0. The average Bonchev–Trinajstić information content (AvgIpc) is 2.35. The molecular formula is C13H27N3O. The molecule has 0 aliphatic carbocycles. The van der Waals surface area contributed by atoms with Crippen molar-refractivity contribution in [3.05, 3.63) is 0 Å². The predicted molar refractivity (Wildman–Crippen MR) is 71.0 cm³/mol. The topological polar surface area (TPSA) is 44.4 Å².